The van der Waals surface area contributed by atoms with Crippen molar-refractivity contribution in [3.63, 3.8) is 0 Å². The molecular formula is C53H38N2. The smallest absolute Gasteiger partial charge is 0.0715 e. The first-order chi connectivity index (χ1) is 27.3. The van der Waals surface area contributed by atoms with Crippen molar-refractivity contribution >= 4 is 44.9 Å². The number of hydrogen-bond donors (Lipinski definition) is 0. The van der Waals surface area contributed by atoms with E-state index in [1.807, 2.05) is 0 Å². The van der Waals surface area contributed by atoms with Crippen LogP contribution in [0.25, 0.3) is 21.9 Å². The predicted molar refractivity (Wildman–Crippen MR) is 231 cm³/mol. The van der Waals surface area contributed by atoms with Crippen molar-refractivity contribution < 1.29 is 0 Å². The molecule has 0 aliphatic heterocycles. The normalized spacial score (nSPS) is 12.5. The summed E-state index contributed by atoms with van der Waals surface area (Å²) in [4.78, 5) is 4.80. The summed E-state index contributed by atoms with van der Waals surface area (Å²) in [6.45, 7) is 0. The fraction of sp³-hybridized carbons (Fsp3) is 0.0189. The molecule has 0 aromatic heterocycles. The molecule has 2 heteroatoms. The summed E-state index contributed by atoms with van der Waals surface area (Å²) in [6.07, 6.45) is 0. The van der Waals surface area contributed by atoms with Crippen LogP contribution in [0.2, 0.25) is 0 Å². The molecule has 9 aromatic carbocycles. The predicted octanol–water partition coefficient (Wildman–Crippen LogP) is 14.1. The van der Waals surface area contributed by atoms with Gasteiger partial charge in [-0.05, 0) is 105 Å². The lowest BCUT2D eigenvalue weighted by Crippen LogP contribution is -2.29. The molecule has 1 aliphatic carbocycles. The van der Waals surface area contributed by atoms with E-state index >= 15 is 0 Å². The van der Waals surface area contributed by atoms with Gasteiger partial charge in [0.1, 0.15) is 0 Å². The maximum absolute atomic E-state index is 2.49. The van der Waals surface area contributed by atoms with E-state index in [2.05, 4.69) is 240 Å². The zero-order valence-corrected chi connectivity index (χ0v) is 30.3. The average molecular weight is 703 g/mol. The minimum atomic E-state index is -0.625. The highest BCUT2D eigenvalue weighted by atomic mass is 15.1. The lowest BCUT2D eigenvalue weighted by atomic mass is 9.67. The van der Waals surface area contributed by atoms with Crippen LogP contribution in [0.1, 0.15) is 22.3 Å². The zero-order chi connectivity index (χ0) is 36.6. The SMILES string of the molecule is c1ccc(N(c2ccccc2)c2ccc3c(c2)C(c2ccccc2)(c2ccccc2)c2cc(N(c4ccccc4)c4ccccc4)c4ccccc4c2-3)cc1. The van der Waals surface area contributed by atoms with E-state index in [4.69, 9.17) is 0 Å². The fourth-order valence-electron chi connectivity index (χ4n) is 8.82. The molecule has 0 amide bonds. The van der Waals surface area contributed by atoms with Crippen molar-refractivity contribution in [1.29, 1.82) is 0 Å². The highest BCUT2D eigenvalue weighted by molar-refractivity contribution is 6.11. The molecule has 1 aliphatic rings. The molecule has 260 valence electrons. The van der Waals surface area contributed by atoms with Gasteiger partial charge in [-0.1, -0.05) is 164 Å². The van der Waals surface area contributed by atoms with Gasteiger partial charge in [0.25, 0.3) is 0 Å². The molecule has 2 nitrogen and oxygen atoms in total. The van der Waals surface area contributed by atoms with Crippen LogP contribution in [0, 0.1) is 0 Å². The first-order valence-corrected chi connectivity index (χ1v) is 18.9. The van der Waals surface area contributed by atoms with Gasteiger partial charge in [-0.15, -0.1) is 0 Å². The monoisotopic (exact) mass is 702 g/mol. The third-order valence-corrected chi connectivity index (χ3v) is 11.1. The Labute approximate surface area is 322 Å². The summed E-state index contributed by atoms with van der Waals surface area (Å²) < 4.78 is 0. The van der Waals surface area contributed by atoms with Crippen molar-refractivity contribution in [3.8, 4) is 11.1 Å². The molecule has 55 heavy (non-hydrogen) atoms. The average Bonchev–Trinajstić information content (AvgIpc) is 3.56. The van der Waals surface area contributed by atoms with Gasteiger partial charge in [-0.2, -0.15) is 0 Å². The molecular weight excluding hydrogens is 665 g/mol. The molecule has 0 fully saturated rings. The van der Waals surface area contributed by atoms with Crippen molar-refractivity contribution in [2.75, 3.05) is 9.80 Å². The van der Waals surface area contributed by atoms with Crippen LogP contribution in [-0.2, 0) is 5.41 Å². The topological polar surface area (TPSA) is 6.48 Å². The molecule has 0 atom stereocenters. The molecule has 0 spiro atoms. The number of fused-ring (bicyclic) bond motifs is 5. The van der Waals surface area contributed by atoms with Crippen molar-refractivity contribution in [2.45, 2.75) is 5.41 Å². The third-order valence-electron chi connectivity index (χ3n) is 11.1. The first-order valence-electron chi connectivity index (χ1n) is 18.9. The van der Waals surface area contributed by atoms with Gasteiger partial charge in [0.15, 0.2) is 0 Å². The van der Waals surface area contributed by atoms with E-state index in [0.29, 0.717) is 0 Å². The van der Waals surface area contributed by atoms with E-state index in [-0.39, 0.29) is 0 Å². The quantitative estimate of drug-likeness (QED) is 0.156. The third kappa shape index (κ3) is 5.34. The lowest BCUT2D eigenvalue weighted by molar-refractivity contribution is 0.769. The molecule has 0 N–H and O–H groups in total. The van der Waals surface area contributed by atoms with Gasteiger partial charge in [0.05, 0.1) is 11.1 Å². The number of nitrogens with zero attached hydrogens (tertiary/aromatic N) is 2. The van der Waals surface area contributed by atoms with Crippen molar-refractivity contribution in [2.24, 2.45) is 0 Å². The second-order valence-electron chi connectivity index (χ2n) is 14.1. The van der Waals surface area contributed by atoms with Gasteiger partial charge >= 0.3 is 0 Å². The summed E-state index contributed by atoms with van der Waals surface area (Å²) in [7, 11) is 0. The molecule has 9 aromatic rings. The Morgan fingerprint density at radius 2 is 0.691 bits per heavy atom. The number of hydrogen-bond acceptors (Lipinski definition) is 2. The Morgan fingerprint density at radius 1 is 0.291 bits per heavy atom. The van der Waals surface area contributed by atoms with Crippen LogP contribution in [0.3, 0.4) is 0 Å². The molecule has 0 unspecified atom stereocenters. The molecule has 0 heterocycles. The fourth-order valence-corrected chi connectivity index (χ4v) is 8.82. The summed E-state index contributed by atoms with van der Waals surface area (Å²) in [5, 5.41) is 2.44. The maximum atomic E-state index is 2.49. The van der Waals surface area contributed by atoms with Gasteiger partial charge in [-0.25, -0.2) is 0 Å². The second-order valence-corrected chi connectivity index (χ2v) is 14.1. The van der Waals surface area contributed by atoms with E-state index in [1.54, 1.807) is 0 Å². The van der Waals surface area contributed by atoms with Gasteiger partial charge in [-0.3, -0.25) is 0 Å². The Hall–Kier alpha value is -7.16. The summed E-state index contributed by atoms with van der Waals surface area (Å²) in [5.74, 6) is 0. The van der Waals surface area contributed by atoms with Crippen molar-refractivity contribution in [3.05, 3.63) is 253 Å². The first kappa shape index (κ1) is 32.5. The zero-order valence-electron chi connectivity index (χ0n) is 30.3. The minimum Gasteiger partial charge on any atom is -0.310 e. The van der Waals surface area contributed by atoms with Crippen LogP contribution in [0.15, 0.2) is 231 Å². The summed E-state index contributed by atoms with van der Waals surface area (Å²) >= 11 is 0. The maximum Gasteiger partial charge on any atom is 0.0715 e. The molecule has 0 saturated heterocycles. The second kappa shape index (κ2) is 13.7. The minimum absolute atomic E-state index is 0.625. The lowest BCUT2D eigenvalue weighted by Gasteiger charge is -2.36. The Bertz CT molecular complexity index is 2610. The standard InChI is InChI=1S/C53H38N2/c1-7-21-39(22-8-1)53(40-23-9-2-10-24-40)49-37-45(54(41-25-11-3-12-26-41)42-27-13-4-14-28-42)35-36-48(49)52-47-34-20-19-33-46(47)51(38-50(52)53)55(43-29-15-5-16-30-43)44-31-17-6-18-32-44/h1-38H. The molecule has 0 radical (unpaired) electrons. The Morgan fingerprint density at radius 3 is 1.16 bits per heavy atom. The highest BCUT2D eigenvalue weighted by Gasteiger charge is 2.47. The number of benzene rings is 9. The number of anilines is 6. The van der Waals surface area contributed by atoms with Gasteiger partial charge in [0.2, 0.25) is 0 Å². The molecule has 10 rings (SSSR count). The van der Waals surface area contributed by atoms with E-state index in [1.165, 1.54) is 44.2 Å². The Kier molecular flexibility index (Phi) is 8.08. The van der Waals surface area contributed by atoms with Crippen LogP contribution in [0.5, 0.6) is 0 Å². The van der Waals surface area contributed by atoms with E-state index < -0.39 is 5.41 Å². The van der Waals surface area contributed by atoms with Crippen LogP contribution in [-0.4, -0.2) is 0 Å². The van der Waals surface area contributed by atoms with Crippen molar-refractivity contribution in [1.82, 2.24) is 0 Å². The van der Waals surface area contributed by atoms with Gasteiger partial charge in [0, 0.05) is 33.8 Å². The number of para-hydroxylation sites is 4. The summed E-state index contributed by atoms with van der Waals surface area (Å²) in [5.41, 5.74) is 13.6. The van der Waals surface area contributed by atoms with Gasteiger partial charge < -0.3 is 9.80 Å². The largest absolute Gasteiger partial charge is 0.310 e. The van der Waals surface area contributed by atoms with Crippen LogP contribution >= 0.6 is 0 Å². The molecule has 0 bridgehead atoms. The highest BCUT2D eigenvalue weighted by Crippen LogP contribution is 2.60. The number of rotatable bonds is 8. The molecule has 0 saturated carbocycles. The van der Waals surface area contributed by atoms with E-state index in [0.717, 1.165) is 34.1 Å². The van der Waals surface area contributed by atoms with Crippen LogP contribution in [0.4, 0.5) is 34.1 Å². The Balaban J connectivity index is 1.34. The summed E-state index contributed by atoms with van der Waals surface area (Å²) in [6, 6.07) is 83.7. The van der Waals surface area contributed by atoms with E-state index in [9.17, 15) is 0 Å². The van der Waals surface area contributed by atoms with Crippen LogP contribution < -0.4 is 9.80 Å².